The molecule has 0 fully saturated rings. The van der Waals surface area contributed by atoms with Crippen molar-refractivity contribution in [2.45, 2.75) is 0 Å². The smallest absolute Gasteiger partial charge is 0.286 e. The quantitative estimate of drug-likeness (QED) is 0.703. The van der Waals surface area contributed by atoms with Gasteiger partial charge in [-0.05, 0) is 11.4 Å². The van der Waals surface area contributed by atoms with Crippen LogP contribution in [0.5, 0.6) is 0 Å². The summed E-state index contributed by atoms with van der Waals surface area (Å²) in [6, 6.07) is 1.83. The molecule has 1 amide bonds. The molecule has 0 spiro atoms. The van der Waals surface area contributed by atoms with Gasteiger partial charge in [0.25, 0.3) is 5.91 Å². The Morgan fingerprint density at radius 3 is 3.17 bits per heavy atom. The standard InChI is InChI=1S/C7H5N3OS/c8-6(11)7-9-3-5-4(10-7)1-2-12-5/h1-3H,(H2,8,11). The van der Waals surface area contributed by atoms with E-state index in [4.69, 9.17) is 5.73 Å². The molecule has 60 valence electrons. The van der Waals surface area contributed by atoms with Crippen molar-refractivity contribution in [1.82, 2.24) is 9.97 Å². The van der Waals surface area contributed by atoms with Crippen LogP contribution < -0.4 is 5.73 Å². The van der Waals surface area contributed by atoms with Crippen molar-refractivity contribution in [2.75, 3.05) is 0 Å². The zero-order valence-electron chi connectivity index (χ0n) is 6.02. The summed E-state index contributed by atoms with van der Waals surface area (Å²) in [5.41, 5.74) is 5.78. The lowest BCUT2D eigenvalue weighted by molar-refractivity contribution is 0.0991. The molecular formula is C7H5N3OS. The summed E-state index contributed by atoms with van der Waals surface area (Å²) in [5.74, 6) is -0.524. The van der Waals surface area contributed by atoms with Gasteiger partial charge >= 0.3 is 0 Å². The second-order valence-corrected chi connectivity index (χ2v) is 3.18. The minimum atomic E-state index is -0.594. The van der Waals surface area contributed by atoms with Crippen LogP contribution in [0.1, 0.15) is 10.6 Å². The first-order valence-corrected chi connectivity index (χ1v) is 4.15. The van der Waals surface area contributed by atoms with Gasteiger partial charge in [-0.25, -0.2) is 9.97 Å². The van der Waals surface area contributed by atoms with Gasteiger partial charge in [0.15, 0.2) is 0 Å². The maximum atomic E-state index is 10.7. The molecule has 2 N–H and O–H groups in total. The van der Waals surface area contributed by atoms with E-state index < -0.39 is 5.91 Å². The fraction of sp³-hybridized carbons (Fsp3) is 0. The predicted octanol–water partition coefficient (Wildman–Crippen LogP) is 0.790. The van der Waals surface area contributed by atoms with Gasteiger partial charge in [-0.1, -0.05) is 0 Å². The molecular weight excluding hydrogens is 174 g/mol. The number of hydrogen-bond acceptors (Lipinski definition) is 4. The second kappa shape index (κ2) is 2.53. The van der Waals surface area contributed by atoms with Gasteiger partial charge < -0.3 is 5.73 Å². The minimum Gasteiger partial charge on any atom is -0.363 e. The maximum absolute atomic E-state index is 10.7. The molecule has 0 unspecified atom stereocenters. The molecule has 2 rings (SSSR count). The number of fused-ring (bicyclic) bond motifs is 1. The molecule has 0 saturated carbocycles. The number of nitrogens with two attached hydrogens (primary N) is 1. The van der Waals surface area contributed by atoms with Crippen LogP contribution >= 0.6 is 11.3 Å². The first kappa shape index (κ1) is 7.17. The molecule has 0 atom stereocenters. The van der Waals surface area contributed by atoms with Crippen LogP contribution in [0, 0.1) is 0 Å². The van der Waals surface area contributed by atoms with Crippen molar-refractivity contribution in [3.63, 3.8) is 0 Å². The average molecular weight is 179 g/mol. The molecule has 0 aliphatic heterocycles. The average Bonchev–Trinajstić information content (AvgIpc) is 2.49. The summed E-state index contributed by atoms with van der Waals surface area (Å²) in [7, 11) is 0. The minimum absolute atomic E-state index is 0.0703. The van der Waals surface area contributed by atoms with E-state index in [2.05, 4.69) is 9.97 Å². The number of carbonyl (C=O) groups is 1. The topological polar surface area (TPSA) is 68.9 Å². The zero-order chi connectivity index (χ0) is 8.55. The molecule has 0 aromatic carbocycles. The van der Waals surface area contributed by atoms with Crippen LogP contribution in [-0.2, 0) is 0 Å². The molecule has 12 heavy (non-hydrogen) atoms. The van der Waals surface area contributed by atoms with E-state index in [1.807, 2.05) is 11.4 Å². The van der Waals surface area contributed by atoms with E-state index >= 15 is 0 Å². The maximum Gasteiger partial charge on any atom is 0.286 e. The van der Waals surface area contributed by atoms with Crippen molar-refractivity contribution >= 4 is 27.5 Å². The van der Waals surface area contributed by atoms with E-state index in [9.17, 15) is 4.79 Å². The Kier molecular flexibility index (Phi) is 1.51. The Morgan fingerprint density at radius 2 is 2.42 bits per heavy atom. The second-order valence-electron chi connectivity index (χ2n) is 2.23. The molecule has 2 aromatic rings. The van der Waals surface area contributed by atoms with Crippen LogP contribution in [-0.4, -0.2) is 15.9 Å². The van der Waals surface area contributed by atoms with Gasteiger partial charge in [0.2, 0.25) is 5.82 Å². The summed E-state index contributed by atoms with van der Waals surface area (Å²) in [6.07, 6.45) is 1.60. The number of hydrogen-bond donors (Lipinski definition) is 1. The lowest BCUT2D eigenvalue weighted by Gasteiger charge is -1.91. The Hall–Kier alpha value is -1.49. The Labute approximate surface area is 72.1 Å². The molecule has 5 heteroatoms. The van der Waals surface area contributed by atoms with Crippen LogP contribution in [0.15, 0.2) is 17.6 Å². The highest BCUT2D eigenvalue weighted by atomic mass is 32.1. The summed E-state index contributed by atoms with van der Waals surface area (Å²) >= 11 is 1.53. The van der Waals surface area contributed by atoms with Crippen molar-refractivity contribution in [3.05, 3.63) is 23.5 Å². The summed E-state index contributed by atoms with van der Waals surface area (Å²) in [4.78, 5) is 18.4. The molecule has 4 nitrogen and oxygen atoms in total. The summed E-state index contributed by atoms with van der Waals surface area (Å²) in [5, 5.41) is 1.89. The normalized spacial score (nSPS) is 10.3. The highest BCUT2D eigenvalue weighted by Gasteiger charge is 2.04. The van der Waals surface area contributed by atoms with Gasteiger partial charge in [-0.3, -0.25) is 4.79 Å². The zero-order valence-corrected chi connectivity index (χ0v) is 6.84. The third kappa shape index (κ3) is 1.04. The van der Waals surface area contributed by atoms with Crippen molar-refractivity contribution < 1.29 is 4.79 Å². The van der Waals surface area contributed by atoms with E-state index in [1.165, 1.54) is 11.3 Å². The molecule has 0 aliphatic rings. The molecule has 2 heterocycles. The van der Waals surface area contributed by atoms with Crippen LogP contribution in [0.2, 0.25) is 0 Å². The van der Waals surface area contributed by atoms with E-state index in [-0.39, 0.29) is 5.82 Å². The number of thiophene rings is 1. The number of amides is 1. The van der Waals surface area contributed by atoms with Crippen LogP contribution in [0.3, 0.4) is 0 Å². The fourth-order valence-electron chi connectivity index (χ4n) is 0.885. The van der Waals surface area contributed by atoms with Gasteiger partial charge in [0, 0.05) is 6.20 Å². The fourth-order valence-corrected chi connectivity index (χ4v) is 1.58. The summed E-state index contributed by atoms with van der Waals surface area (Å²) in [6.45, 7) is 0. The van der Waals surface area contributed by atoms with Gasteiger partial charge in [0.05, 0.1) is 10.2 Å². The van der Waals surface area contributed by atoms with Crippen molar-refractivity contribution in [2.24, 2.45) is 5.73 Å². The van der Waals surface area contributed by atoms with Gasteiger partial charge in [-0.2, -0.15) is 0 Å². The van der Waals surface area contributed by atoms with E-state index in [1.54, 1.807) is 6.20 Å². The largest absolute Gasteiger partial charge is 0.363 e. The molecule has 0 saturated heterocycles. The SMILES string of the molecule is NC(=O)c1ncc2sccc2n1. The lowest BCUT2D eigenvalue weighted by Crippen LogP contribution is -2.14. The Morgan fingerprint density at radius 1 is 1.58 bits per heavy atom. The summed E-state index contributed by atoms with van der Waals surface area (Å²) < 4.78 is 0.958. The highest BCUT2D eigenvalue weighted by Crippen LogP contribution is 2.16. The lowest BCUT2D eigenvalue weighted by atomic mass is 10.4. The third-order valence-electron chi connectivity index (χ3n) is 1.42. The number of carbonyl (C=O) groups excluding carboxylic acids is 1. The Balaban J connectivity index is 2.68. The Bertz CT molecular complexity index is 437. The highest BCUT2D eigenvalue weighted by molar-refractivity contribution is 7.17. The molecule has 0 bridgehead atoms. The van der Waals surface area contributed by atoms with Gasteiger partial charge in [0.1, 0.15) is 0 Å². The number of primary amides is 1. The molecule has 2 aromatic heterocycles. The van der Waals surface area contributed by atoms with Crippen molar-refractivity contribution in [3.8, 4) is 0 Å². The third-order valence-corrected chi connectivity index (χ3v) is 2.26. The van der Waals surface area contributed by atoms with Crippen LogP contribution in [0.4, 0.5) is 0 Å². The number of aromatic nitrogens is 2. The van der Waals surface area contributed by atoms with E-state index in [0.717, 1.165) is 10.2 Å². The first-order chi connectivity index (χ1) is 5.77. The molecule has 0 radical (unpaired) electrons. The van der Waals surface area contributed by atoms with Crippen molar-refractivity contribution in [1.29, 1.82) is 0 Å². The van der Waals surface area contributed by atoms with Gasteiger partial charge in [-0.15, -0.1) is 11.3 Å². The predicted molar refractivity (Wildman–Crippen MR) is 45.9 cm³/mol. The van der Waals surface area contributed by atoms with Crippen LogP contribution in [0.25, 0.3) is 10.2 Å². The monoisotopic (exact) mass is 179 g/mol. The number of nitrogens with zero attached hydrogens (tertiary/aromatic N) is 2. The van der Waals surface area contributed by atoms with E-state index in [0.29, 0.717) is 0 Å². The first-order valence-electron chi connectivity index (χ1n) is 3.27. The molecule has 0 aliphatic carbocycles. The number of rotatable bonds is 1.